The number of benzene rings is 1. The van der Waals surface area contributed by atoms with E-state index in [1.54, 1.807) is 12.1 Å². The van der Waals surface area contributed by atoms with Crippen molar-refractivity contribution in [1.29, 1.82) is 0 Å². The highest BCUT2D eigenvalue weighted by Gasteiger charge is 2.27. The molecule has 0 spiro atoms. The van der Waals surface area contributed by atoms with Gasteiger partial charge in [-0.25, -0.2) is 0 Å². The van der Waals surface area contributed by atoms with E-state index in [1.165, 1.54) is 0 Å². The molecule has 1 aliphatic rings. The summed E-state index contributed by atoms with van der Waals surface area (Å²) in [5.41, 5.74) is 0.748. The molecule has 18 heavy (non-hydrogen) atoms. The second kappa shape index (κ2) is 5.98. The van der Waals surface area contributed by atoms with Gasteiger partial charge in [-0.1, -0.05) is 36.8 Å². The lowest BCUT2D eigenvalue weighted by Crippen LogP contribution is -2.34. The number of carboxylic acid groups (broad SMARTS) is 1. The van der Waals surface area contributed by atoms with E-state index in [2.05, 4.69) is 5.32 Å². The molecule has 1 aromatic carbocycles. The first-order valence-corrected chi connectivity index (χ1v) is 6.37. The van der Waals surface area contributed by atoms with Gasteiger partial charge in [-0.2, -0.15) is 0 Å². The number of hydrogen-bond donors (Lipinski definition) is 3. The third-order valence-electron chi connectivity index (χ3n) is 3.58. The zero-order chi connectivity index (χ0) is 13.0. The van der Waals surface area contributed by atoms with Crippen LogP contribution in [0.2, 0.25) is 0 Å². The predicted molar refractivity (Wildman–Crippen MR) is 68.2 cm³/mol. The van der Waals surface area contributed by atoms with Gasteiger partial charge >= 0.3 is 5.97 Å². The van der Waals surface area contributed by atoms with E-state index in [9.17, 15) is 15.0 Å². The molecule has 4 nitrogen and oxygen atoms in total. The molecule has 1 aromatic rings. The molecule has 0 amide bonds. The van der Waals surface area contributed by atoms with Gasteiger partial charge in [0, 0.05) is 6.54 Å². The number of carbonyl (C=O) groups is 1. The highest BCUT2D eigenvalue weighted by Crippen LogP contribution is 2.25. The molecular formula is C14H19NO3. The van der Waals surface area contributed by atoms with E-state index in [4.69, 9.17) is 0 Å². The molecule has 4 heteroatoms. The van der Waals surface area contributed by atoms with E-state index in [0.29, 0.717) is 6.54 Å². The second-order valence-corrected chi connectivity index (χ2v) is 4.85. The van der Waals surface area contributed by atoms with Gasteiger partial charge in [0.05, 0.1) is 6.10 Å². The van der Waals surface area contributed by atoms with Crippen LogP contribution in [0, 0.1) is 5.92 Å². The Morgan fingerprint density at radius 1 is 1.33 bits per heavy atom. The average Bonchev–Trinajstić information content (AvgIpc) is 2.76. The summed E-state index contributed by atoms with van der Waals surface area (Å²) in [7, 11) is 0. The molecule has 0 radical (unpaired) electrons. The summed E-state index contributed by atoms with van der Waals surface area (Å²) in [5.74, 6) is -0.704. The molecule has 3 N–H and O–H groups in total. The van der Waals surface area contributed by atoms with Gasteiger partial charge in [-0.15, -0.1) is 0 Å². The normalized spacial score (nSPS) is 24.9. The van der Waals surface area contributed by atoms with E-state index in [-0.39, 0.29) is 12.0 Å². The van der Waals surface area contributed by atoms with Gasteiger partial charge in [0.2, 0.25) is 0 Å². The highest BCUT2D eigenvalue weighted by atomic mass is 16.4. The third-order valence-corrected chi connectivity index (χ3v) is 3.58. The maximum Gasteiger partial charge on any atom is 0.325 e. The minimum absolute atomic E-state index is 0.176. The summed E-state index contributed by atoms with van der Waals surface area (Å²) in [4.78, 5) is 11.3. The number of hydrogen-bond acceptors (Lipinski definition) is 3. The number of rotatable bonds is 5. The Morgan fingerprint density at radius 3 is 2.61 bits per heavy atom. The van der Waals surface area contributed by atoms with Crippen LogP contribution in [0.25, 0.3) is 0 Å². The largest absolute Gasteiger partial charge is 0.480 e. The highest BCUT2D eigenvalue weighted by molar-refractivity contribution is 5.75. The van der Waals surface area contributed by atoms with Crippen molar-refractivity contribution in [2.45, 2.75) is 31.4 Å². The molecule has 1 aliphatic carbocycles. The Balaban J connectivity index is 1.97. The van der Waals surface area contributed by atoms with Gasteiger partial charge < -0.3 is 15.5 Å². The molecule has 0 bridgehead atoms. The number of aliphatic hydroxyl groups is 1. The molecule has 2 rings (SSSR count). The quantitative estimate of drug-likeness (QED) is 0.740. The Labute approximate surface area is 107 Å². The number of carboxylic acids is 1. The van der Waals surface area contributed by atoms with Crippen LogP contribution in [0.15, 0.2) is 30.3 Å². The van der Waals surface area contributed by atoms with Crippen LogP contribution in [0.1, 0.15) is 30.9 Å². The Bertz CT molecular complexity index is 393. The van der Waals surface area contributed by atoms with E-state index in [0.717, 1.165) is 24.8 Å². The maximum absolute atomic E-state index is 11.3. The molecule has 3 atom stereocenters. The van der Waals surface area contributed by atoms with Crippen molar-refractivity contribution in [3.8, 4) is 0 Å². The summed E-state index contributed by atoms with van der Waals surface area (Å²) in [5, 5.41) is 22.0. The molecule has 1 saturated carbocycles. The smallest absolute Gasteiger partial charge is 0.325 e. The van der Waals surface area contributed by atoms with Crippen molar-refractivity contribution < 1.29 is 15.0 Å². The SMILES string of the molecule is O=C(O)C(NCC1CCCC1O)c1ccccc1. The minimum Gasteiger partial charge on any atom is -0.480 e. The van der Waals surface area contributed by atoms with Crippen molar-refractivity contribution >= 4 is 5.97 Å². The van der Waals surface area contributed by atoms with Gasteiger partial charge in [-0.05, 0) is 24.3 Å². The van der Waals surface area contributed by atoms with E-state index >= 15 is 0 Å². The zero-order valence-electron chi connectivity index (χ0n) is 10.2. The standard InChI is InChI=1S/C14H19NO3/c16-12-8-4-7-11(12)9-15-13(14(17)18)10-5-2-1-3-6-10/h1-3,5-6,11-13,15-16H,4,7-9H2,(H,17,18). The fraction of sp³-hybridized carbons (Fsp3) is 0.500. The van der Waals surface area contributed by atoms with Crippen molar-refractivity contribution in [2.24, 2.45) is 5.92 Å². The predicted octanol–water partition coefficient (Wildman–Crippen LogP) is 1.56. The van der Waals surface area contributed by atoms with Crippen molar-refractivity contribution in [3.05, 3.63) is 35.9 Å². The minimum atomic E-state index is -0.881. The summed E-state index contributed by atoms with van der Waals surface area (Å²) in [6, 6.07) is 8.44. The maximum atomic E-state index is 11.3. The molecule has 3 unspecified atom stereocenters. The molecule has 1 fully saturated rings. The van der Waals surface area contributed by atoms with Crippen molar-refractivity contribution in [1.82, 2.24) is 5.32 Å². The lowest BCUT2D eigenvalue weighted by molar-refractivity contribution is -0.139. The second-order valence-electron chi connectivity index (χ2n) is 4.85. The van der Waals surface area contributed by atoms with Crippen LogP contribution >= 0.6 is 0 Å². The Morgan fingerprint density at radius 2 is 2.06 bits per heavy atom. The fourth-order valence-electron chi connectivity index (χ4n) is 2.52. The average molecular weight is 249 g/mol. The molecule has 0 heterocycles. The fourth-order valence-corrected chi connectivity index (χ4v) is 2.52. The van der Waals surface area contributed by atoms with E-state index in [1.807, 2.05) is 18.2 Å². The summed E-state index contributed by atoms with van der Waals surface area (Å²) in [6.07, 6.45) is 2.53. The van der Waals surface area contributed by atoms with Crippen LogP contribution in [-0.4, -0.2) is 28.8 Å². The van der Waals surface area contributed by atoms with Gasteiger partial charge in [0.1, 0.15) is 6.04 Å². The molecular weight excluding hydrogens is 230 g/mol. The molecule has 0 saturated heterocycles. The molecule has 0 aliphatic heterocycles. The van der Waals surface area contributed by atoms with Crippen molar-refractivity contribution in [2.75, 3.05) is 6.54 Å². The van der Waals surface area contributed by atoms with Gasteiger partial charge in [0.15, 0.2) is 0 Å². The lowest BCUT2D eigenvalue weighted by atomic mass is 10.0. The van der Waals surface area contributed by atoms with Crippen LogP contribution in [0.3, 0.4) is 0 Å². The number of aliphatic carboxylic acids is 1. The molecule has 0 aromatic heterocycles. The number of aliphatic hydroxyl groups excluding tert-OH is 1. The van der Waals surface area contributed by atoms with Gasteiger partial charge in [0.25, 0.3) is 0 Å². The van der Waals surface area contributed by atoms with E-state index < -0.39 is 12.0 Å². The van der Waals surface area contributed by atoms with Crippen LogP contribution < -0.4 is 5.32 Å². The summed E-state index contributed by atoms with van der Waals surface area (Å²) < 4.78 is 0. The summed E-state index contributed by atoms with van der Waals surface area (Å²) >= 11 is 0. The monoisotopic (exact) mass is 249 g/mol. The van der Waals surface area contributed by atoms with Crippen LogP contribution in [0.5, 0.6) is 0 Å². The third kappa shape index (κ3) is 3.09. The van der Waals surface area contributed by atoms with Crippen LogP contribution in [0.4, 0.5) is 0 Å². The topological polar surface area (TPSA) is 69.6 Å². The first kappa shape index (κ1) is 13.1. The Hall–Kier alpha value is -1.39. The Kier molecular flexibility index (Phi) is 4.33. The van der Waals surface area contributed by atoms with Crippen molar-refractivity contribution in [3.63, 3.8) is 0 Å². The van der Waals surface area contributed by atoms with Gasteiger partial charge in [-0.3, -0.25) is 4.79 Å². The first-order valence-electron chi connectivity index (χ1n) is 6.37. The molecule has 98 valence electrons. The van der Waals surface area contributed by atoms with Crippen LogP contribution in [-0.2, 0) is 4.79 Å². The first-order chi connectivity index (χ1) is 8.68. The number of nitrogens with one attached hydrogen (secondary N) is 1. The zero-order valence-corrected chi connectivity index (χ0v) is 10.2. The lowest BCUT2D eigenvalue weighted by Gasteiger charge is -2.19. The summed E-state index contributed by atoms with van der Waals surface area (Å²) in [6.45, 7) is 0.549.